The molecule has 0 atom stereocenters. The number of piperidine rings is 1. The van der Waals surface area contributed by atoms with Crippen LogP contribution in [0.15, 0.2) is 18.3 Å². The van der Waals surface area contributed by atoms with Gasteiger partial charge >= 0.3 is 6.09 Å². The molecule has 0 aromatic carbocycles. The Balaban J connectivity index is 1.83. The molecular formula is C14H18ClN3O3. The van der Waals surface area contributed by atoms with E-state index in [0.717, 1.165) is 0 Å². The molecule has 114 valence electrons. The summed E-state index contributed by atoms with van der Waals surface area (Å²) in [6, 6.07) is 3.20. The van der Waals surface area contributed by atoms with Crippen LogP contribution in [0, 0.1) is 0 Å². The van der Waals surface area contributed by atoms with Crippen molar-refractivity contribution in [1.29, 1.82) is 0 Å². The summed E-state index contributed by atoms with van der Waals surface area (Å²) in [5.74, 6) is -0.172. The average molecular weight is 312 g/mol. The fourth-order valence-corrected chi connectivity index (χ4v) is 2.41. The van der Waals surface area contributed by atoms with Crippen molar-refractivity contribution in [2.75, 3.05) is 19.7 Å². The molecule has 2 heterocycles. The number of likely N-dealkylation sites (tertiary alicyclic amines) is 1. The second kappa shape index (κ2) is 7.26. The minimum Gasteiger partial charge on any atom is -0.450 e. The molecule has 1 aliphatic heterocycles. The van der Waals surface area contributed by atoms with Gasteiger partial charge in [-0.3, -0.25) is 4.79 Å². The molecular weight excluding hydrogens is 294 g/mol. The molecule has 1 aromatic rings. The van der Waals surface area contributed by atoms with Gasteiger partial charge in [-0.05, 0) is 31.9 Å². The van der Waals surface area contributed by atoms with Crippen molar-refractivity contribution in [3.63, 3.8) is 0 Å². The van der Waals surface area contributed by atoms with Crippen LogP contribution in [0.25, 0.3) is 0 Å². The zero-order chi connectivity index (χ0) is 15.2. The van der Waals surface area contributed by atoms with Crippen molar-refractivity contribution in [3.05, 3.63) is 29.0 Å². The summed E-state index contributed by atoms with van der Waals surface area (Å²) in [7, 11) is 0. The third-order valence-corrected chi connectivity index (χ3v) is 3.55. The van der Waals surface area contributed by atoms with E-state index in [1.54, 1.807) is 17.9 Å². The van der Waals surface area contributed by atoms with Gasteiger partial charge in [0.1, 0.15) is 5.15 Å². The monoisotopic (exact) mass is 311 g/mol. The van der Waals surface area contributed by atoms with Crippen LogP contribution >= 0.6 is 11.6 Å². The topological polar surface area (TPSA) is 71.5 Å². The van der Waals surface area contributed by atoms with E-state index in [0.29, 0.717) is 43.3 Å². The first-order valence-electron chi connectivity index (χ1n) is 6.94. The lowest BCUT2D eigenvalue weighted by Crippen LogP contribution is -2.46. The fraction of sp³-hybridized carbons (Fsp3) is 0.500. The van der Waals surface area contributed by atoms with E-state index in [9.17, 15) is 9.59 Å². The minimum atomic E-state index is -0.289. The SMILES string of the molecule is CCOC(=O)N1CCC(NC(=O)c2ccnc(Cl)c2)CC1. The number of amides is 2. The van der Waals surface area contributed by atoms with Gasteiger partial charge in [0.15, 0.2) is 0 Å². The number of carbonyl (C=O) groups is 2. The molecule has 1 aromatic heterocycles. The van der Waals surface area contributed by atoms with Crippen LogP contribution in [0.2, 0.25) is 5.15 Å². The molecule has 0 unspecified atom stereocenters. The maximum Gasteiger partial charge on any atom is 0.409 e. The number of hydrogen-bond donors (Lipinski definition) is 1. The van der Waals surface area contributed by atoms with Crippen molar-refractivity contribution in [1.82, 2.24) is 15.2 Å². The summed E-state index contributed by atoms with van der Waals surface area (Å²) in [6.07, 6.45) is 2.64. The highest BCUT2D eigenvalue weighted by Crippen LogP contribution is 2.13. The lowest BCUT2D eigenvalue weighted by molar-refractivity contribution is 0.0860. The molecule has 1 N–H and O–H groups in total. The van der Waals surface area contributed by atoms with Crippen LogP contribution in [-0.2, 0) is 4.74 Å². The largest absolute Gasteiger partial charge is 0.450 e. The van der Waals surface area contributed by atoms with Gasteiger partial charge < -0.3 is 15.0 Å². The van der Waals surface area contributed by atoms with Crippen LogP contribution in [0.3, 0.4) is 0 Å². The second-order valence-electron chi connectivity index (χ2n) is 4.80. The Morgan fingerprint density at radius 2 is 2.19 bits per heavy atom. The van der Waals surface area contributed by atoms with E-state index < -0.39 is 0 Å². The maximum absolute atomic E-state index is 12.1. The van der Waals surface area contributed by atoms with Gasteiger partial charge in [-0.1, -0.05) is 11.6 Å². The highest BCUT2D eigenvalue weighted by Gasteiger charge is 2.24. The molecule has 0 spiro atoms. The molecule has 0 saturated carbocycles. The summed E-state index contributed by atoms with van der Waals surface area (Å²) < 4.78 is 4.96. The van der Waals surface area contributed by atoms with Gasteiger partial charge in [0.05, 0.1) is 6.61 Å². The van der Waals surface area contributed by atoms with E-state index >= 15 is 0 Å². The Bertz CT molecular complexity index is 516. The van der Waals surface area contributed by atoms with E-state index in [1.165, 1.54) is 12.3 Å². The number of nitrogens with one attached hydrogen (secondary N) is 1. The normalized spacial score (nSPS) is 15.6. The van der Waals surface area contributed by atoms with Crippen LogP contribution in [0.4, 0.5) is 4.79 Å². The summed E-state index contributed by atoms with van der Waals surface area (Å²) in [4.78, 5) is 29.2. The smallest absolute Gasteiger partial charge is 0.409 e. The van der Waals surface area contributed by atoms with Crippen molar-refractivity contribution in [3.8, 4) is 0 Å². The second-order valence-corrected chi connectivity index (χ2v) is 5.19. The van der Waals surface area contributed by atoms with Gasteiger partial charge in [-0.2, -0.15) is 0 Å². The standard InChI is InChI=1S/C14H18ClN3O3/c1-2-21-14(20)18-7-4-11(5-8-18)17-13(19)10-3-6-16-12(15)9-10/h3,6,9,11H,2,4-5,7-8H2,1H3,(H,17,19). The zero-order valence-corrected chi connectivity index (χ0v) is 12.6. The third-order valence-electron chi connectivity index (χ3n) is 3.34. The number of nitrogens with zero attached hydrogens (tertiary/aromatic N) is 2. The first kappa shape index (κ1) is 15.6. The molecule has 7 heteroatoms. The average Bonchev–Trinajstić information content (AvgIpc) is 2.48. The summed E-state index contributed by atoms with van der Waals surface area (Å²) in [5, 5.41) is 3.24. The number of rotatable bonds is 3. The van der Waals surface area contributed by atoms with Crippen LogP contribution < -0.4 is 5.32 Å². The molecule has 1 aliphatic rings. The minimum absolute atomic E-state index is 0.0510. The van der Waals surface area contributed by atoms with Crippen molar-refractivity contribution < 1.29 is 14.3 Å². The molecule has 2 rings (SSSR count). The van der Waals surface area contributed by atoms with Gasteiger partial charge in [0.2, 0.25) is 0 Å². The van der Waals surface area contributed by atoms with Gasteiger partial charge in [-0.25, -0.2) is 9.78 Å². The molecule has 1 saturated heterocycles. The molecule has 21 heavy (non-hydrogen) atoms. The van der Waals surface area contributed by atoms with Crippen molar-refractivity contribution >= 4 is 23.6 Å². The van der Waals surface area contributed by atoms with Crippen LogP contribution in [0.5, 0.6) is 0 Å². The molecule has 6 nitrogen and oxygen atoms in total. The Morgan fingerprint density at radius 1 is 1.48 bits per heavy atom. The van der Waals surface area contributed by atoms with Crippen LogP contribution in [-0.4, -0.2) is 47.6 Å². The van der Waals surface area contributed by atoms with Gasteiger partial charge in [0.25, 0.3) is 5.91 Å². The predicted molar refractivity (Wildman–Crippen MR) is 78.3 cm³/mol. The Morgan fingerprint density at radius 3 is 2.81 bits per heavy atom. The Kier molecular flexibility index (Phi) is 5.38. The first-order valence-corrected chi connectivity index (χ1v) is 7.32. The van der Waals surface area contributed by atoms with Gasteiger partial charge in [-0.15, -0.1) is 0 Å². The third kappa shape index (κ3) is 4.32. The number of aromatic nitrogens is 1. The highest BCUT2D eigenvalue weighted by atomic mass is 35.5. The molecule has 2 amide bonds. The maximum atomic E-state index is 12.1. The zero-order valence-electron chi connectivity index (χ0n) is 11.8. The molecule has 1 fully saturated rings. The molecule has 0 radical (unpaired) electrons. The summed E-state index contributed by atoms with van der Waals surface area (Å²) in [5.41, 5.74) is 0.489. The fourth-order valence-electron chi connectivity index (χ4n) is 2.23. The van der Waals surface area contributed by atoms with Crippen molar-refractivity contribution in [2.24, 2.45) is 0 Å². The van der Waals surface area contributed by atoms with Crippen molar-refractivity contribution in [2.45, 2.75) is 25.8 Å². The number of halogens is 1. The van der Waals surface area contributed by atoms with Crippen LogP contribution in [0.1, 0.15) is 30.1 Å². The lowest BCUT2D eigenvalue weighted by atomic mass is 10.0. The predicted octanol–water partition coefficient (Wildman–Crippen LogP) is 2.09. The Hall–Kier alpha value is -1.82. The van der Waals surface area contributed by atoms with E-state index in [-0.39, 0.29) is 18.0 Å². The number of carbonyl (C=O) groups excluding carboxylic acids is 2. The highest BCUT2D eigenvalue weighted by molar-refractivity contribution is 6.29. The molecule has 0 bridgehead atoms. The number of hydrogen-bond acceptors (Lipinski definition) is 4. The van der Waals surface area contributed by atoms with E-state index in [1.807, 2.05) is 0 Å². The van der Waals surface area contributed by atoms with E-state index in [2.05, 4.69) is 10.3 Å². The lowest BCUT2D eigenvalue weighted by Gasteiger charge is -2.31. The van der Waals surface area contributed by atoms with Gasteiger partial charge in [0, 0.05) is 30.9 Å². The summed E-state index contributed by atoms with van der Waals surface area (Å²) >= 11 is 5.77. The number of pyridine rings is 1. The molecule has 0 aliphatic carbocycles. The van der Waals surface area contributed by atoms with E-state index in [4.69, 9.17) is 16.3 Å². The first-order chi connectivity index (χ1) is 10.1. The summed E-state index contributed by atoms with van der Waals surface area (Å²) in [6.45, 7) is 3.32. The Labute approximate surface area is 128 Å². The quantitative estimate of drug-likeness (QED) is 0.868. The number of ether oxygens (including phenoxy) is 1.